The molecule has 0 unspecified atom stereocenters. The lowest BCUT2D eigenvalue weighted by atomic mass is 10.1. The molecule has 0 fully saturated rings. The van der Waals surface area contributed by atoms with Crippen molar-refractivity contribution in [1.82, 2.24) is 0 Å². The number of esters is 1. The van der Waals surface area contributed by atoms with E-state index in [1.165, 1.54) is 18.2 Å². The molecule has 0 atom stereocenters. The number of alkyl halides is 3. The minimum Gasteiger partial charge on any atom is -0.423 e. The summed E-state index contributed by atoms with van der Waals surface area (Å²) in [6.07, 6.45) is -4.49. The van der Waals surface area contributed by atoms with Gasteiger partial charge in [-0.05, 0) is 29.8 Å². The van der Waals surface area contributed by atoms with Gasteiger partial charge in [0.05, 0.1) is 11.1 Å². The molecule has 2 rings (SSSR count). The summed E-state index contributed by atoms with van der Waals surface area (Å²) >= 11 is 0. The molecule has 21 heavy (non-hydrogen) atoms. The lowest BCUT2D eigenvalue weighted by molar-refractivity contribution is -0.137. The third-order valence-electron chi connectivity index (χ3n) is 2.83. The summed E-state index contributed by atoms with van der Waals surface area (Å²) in [5.41, 5.74) is 5.43. The Morgan fingerprint density at radius 1 is 1.10 bits per heavy atom. The van der Waals surface area contributed by atoms with Crippen LogP contribution in [-0.4, -0.2) is 5.97 Å². The maximum absolute atomic E-state index is 12.6. The van der Waals surface area contributed by atoms with Gasteiger partial charge in [-0.3, -0.25) is 0 Å². The first-order valence-corrected chi connectivity index (χ1v) is 6.09. The zero-order chi connectivity index (χ0) is 15.5. The molecule has 0 aromatic heterocycles. The molecule has 0 aliphatic heterocycles. The van der Waals surface area contributed by atoms with Gasteiger partial charge < -0.3 is 10.5 Å². The zero-order valence-corrected chi connectivity index (χ0v) is 10.9. The smallest absolute Gasteiger partial charge is 0.416 e. The molecule has 0 heterocycles. The number of carbonyl (C=O) groups excluding carboxylic acids is 1. The van der Waals surface area contributed by atoms with Gasteiger partial charge in [-0.2, -0.15) is 13.2 Å². The Balaban J connectivity index is 2.24. The first kappa shape index (κ1) is 15.1. The lowest BCUT2D eigenvalue weighted by Crippen LogP contribution is -2.13. The number of rotatable bonds is 3. The largest absolute Gasteiger partial charge is 0.423 e. The van der Waals surface area contributed by atoms with Crippen molar-refractivity contribution in [2.24, 2.45) is 5.73 Å². The SMILES string of the molecule is NCc1ccccc1C(=O)Oc1cccc(C(F)(F)F)c1. The van der Waals surface area contributed by atoms with E-state index in [1.54, 1.807) is 18.2 Å². The van der Waals surface area contributed by atoms with Crippen LogP contribution in [0.15, 0.2) is 48.5 Å². The maximum Gasteiger partial charge on any atom is 0.416 e. The van der Waals surface area contributed by atoms with E-state index in [4.69, 9.17) is 10.5 Å². The molecule has 0 aliphatic rings. The summed E-state index contributed by atoms with van der Waals surface area (Å²) in [6.45, 7) is 0.133. The summed E-state index contributed by atoms with van der Waals surface area (Å²) in [5, 5.41) is 0. The van der Waals surface area contributed by atoms with Gasteiger partial charge in [0.25, 0.3) is 0 Å². The normalized spacial score (nSPS) is 11.2. The summed E-state index contributed by atoms with van der Waals surface area (Å²) in [4.78, 5) is 12.0. The van der Waals surface area contributed by atoms with Gasteiger partial charge in [-0.15, -0.1) is 0 Å². The molecular weight excluding hydrogens is 283 g/mol. The molecular formula is C15H12F3NO2. The number of halogens is 3. The standard InChI is InChI=1S/C15H12F3NO2/c16-15(17,18)11-5-3-6-12(8-11)21-14(20)13-7-2-1-4-10(13)9-19/h1-8H,9,19H2. The minimum absolute atomic E-state index is 0.133. The highest BCUT2D eigenvalue weighted by molar-refractivity contribution is 5.92. The fourth-order valence-corrected chi connectivity index (χ4v) is 1.80. The van der Waals surface area contributed by atoms with Crippen LogP contribution in [0.1, 0.15) is 21.5 Å². The van der Waals surface area contributed by atoms with Crippen LogP contribution in [0.3, 0.4) is 0 Å². The van der Waals surface area contributed by atoms with Gasteiger partial charge in [0.1, 0.15) is 5.75 Å². The molecule has 2 aromatic rings. The molecule has 6 heteroatoms. The molecule has 0 aliphatic carbocycles. The van der Waals surface area contributed by atoms with Crippen LogP contribution in [-0.2, 0) is 12.7 Å². The van der Waals surface area contributed by atoms with Gasteiger partial charge in [0, 0.05) is 6.54 Å². The van der Waals surface area contributed by atoms with Gasteiger partial charge >= 0.3 is 12.1 Å². The molecule has 110 valence electrons. The van der Waals surface area contributed by atoms with Crippen molar-refractivity contribution in [1.29, 1.82) is 0 Å². The molecule has 0 spiro atoms. The fraction of sp³-hybridized carbons (Fsp3) is 0.133. The van der Waals surface area contributed by atoms with Crippen LogP contribution in [0.5, 0.6) is 5.75 Å². The predicted molar refractivity (Wildman–Crippen MR) is 70.7 cm³/mol. The van der Waals surface area contributed by atoms with Gasteiger partial charge in [-0.1, -0.05) is 24.3 Å². The average Bonchev–Trinajstić information content (AvgIpc) is 2.46. The Hall–Kier alpha value is -2.34. The Kier molecular flexibility index (Phi) is 4.28. The number of hydrogen-bond acceptors (Lipinski definition) is 3. The zero-order valence-electron chi connectivity index (χ0n) is 10.9. The van der Waals surface area contributed by atoms with E-state index in [9.17, 15) is 18.0 Å². The summed E-state index contributed by atoms with van der Waals surface area (Å²) in [7, 11) is 0. The van der Waals surface area contributed by atoms with Crippen LogP contribution >= 0.6 is 0 Å². The van der Waals surface area contributed by atoms with E-state index in [1.807, 2.05) is 0 Å². The third-order valence-corrected chi connectivity index (χ3v) is 2.83. The second kappa shape index (κ2) is 5.97. The van der Waals surface area contributed by atoms with Gasteiger partial charge in [0.2, 0.25) is 0 Å². The first-order valence-electron chi connectivity index (χ1n) is 6.09. The van der Waals surface area contributed by atoms with Gasteiger partial charge in [-0.25, -0.2) is 4.79 Å². The van der Waals surface area contributed by atoms with Crippen molar-refractivity contribution in [3.63, 3.8) is 0 Å². The quantitative estimate of drug-likeness (QED) is 0.697. The second-order valence-corrected chi connectivity index (χ2v) is 4.28. The molecule has 0 saturated heterocycles. The minimum atomic E-state index is -4.49. The Labute approximate surface area is 119 Å². The first-order chi connectivity index (χ1) is 9.91. The Bertz CT molecular complexity index is 653. The van der Waals surface area contributed by atoms with Crippen molar-refractivity contribution >= 4 is 5.97 Å². The van der Waals surface area contributed by atoms with Crippen LogP contribution in [0.4, 0.5) is 13.2 Å². The number of carbonyl (C=O) groups is 1. The fourth-order valence-electron chi connectivity index (χ4n) is 1.80. The highest BCUT2D eigenvalue weighted by Gasteiger charge is 2.30. The van der Waals surface area contributed by atoms with Crippen LogP contribution in [0.25, 0.3) is 0 Å². The van der Waals surface area contributed by atoms with Crippen molar-refractivity contribution in [2.45, 2.75) is 12.7 Å². The summed E-state index contributed by atoms with van der Waals surface area (Å²) < 4.78 is 42.8. The van der Waals surface area contributed by atoms with Crippen molar-refractivity contribution in [3.05, 3.63) is 65.2 Å². The van der Waals surface area contributed by atoms with Crippen molar-refractivity contribution in [2.75, 3.05) is 0 Å². The summed E-state index contributed by atoms with van der Waals surface area (Å²) in [5.74, 6) is -0.906. The molecule has 0 bridgehead atoms. The monoisotopic (exact) mass is 295 g/mol. The van der Waals surface area contributed by atoms with Crippen molar-refractivity contribution in [3.8, 4) is 5.75 Å². The highest BCUT2D eigenvalue weighted by Crippen LogP contribution is 2.31. The van der Waals surface area contributed by atoms with E-state index >= 15 is 0 Å². The number of hydrogen-bond donors (Lipinski definition) is 1. The van der Waals surface area contributed by atoms with Crippen LogP contribution in [0.2, 0.25) is 0 Å². The summed E-state index contributed by atoms with van der Waals surface area (Å²) in [6, 6.07) is 10.7. The van der Waals surface area contributed by atoms with Crippen molar-refractivity contribution < 1.29 is 22.7 Å². The lowest BCUT2D eigenvalue weighted by Gasteiger charge is -2.10. The number of nitrogens with two attached hydrogens (primary N) is 1. The molecule has 2 aromatic carbocycles. The molecule has 3 nitrogen and oxygen atoms in total. The second-order valence-electron chi connectivity index (χ2n) is 4.28. The topological polar surface area (TPSA) is 52.3 Å². The van der Waals surface area contributed by atoms with E-state index in [-0.39, 0.29) is 17.9 Å². The predicted octanol–water partition coefficient (Wildman–Crippen LogP) is 3.38. The molecule has 0 radical (unpaired) electrons. The average molecular weight is 295 g/mol. The number of ether oxygens (including phenoxy) is 1. The van der Waals surface area contributed by atoms with E-state index in [0.717, 1.165) is 12.1 Å². The van der Waals surface area contributed by atoms with Crippen LogP contribution in [0, 0.1) is 0 Å². The van der Waals surface area contributed by atoms with E-state index in [0.29, 0.717) is 5.56 Å². The highest BCUT2D eigenvalue weighted by atomic mass is 19.4. The van der Waals surface area contributed by atoms with E-state index < -0.39 is 17.7 Å². The Morgan fingerprint density at radius 2 is 1.81 bits per heavy atom. The molecule has 0 saturated carbocycles. The Morgan fingerprint density at radius 3 is 2.48 bits per heavy atom. The number of benzene rings is 2. The molecule has 0 amide bonds. The molecule has 2 N–H and O–H groups in total. The van der Waals surface area contributed by atoms with Gasteiger partial charge in [0.15, 0.2) is 0 Å². The third kappa shape index (κ3) is 3.61. The van der Waals surface area contributed by atoms with E-state index in [2.05, 4.69) is 0 Å². The van der Waals surface area contributed by atoms with Crippen LogP contribution < -0.4 is 10.5 Å². The maximum atomic E-state index is 12.6.